The second-order valence-electron chi connectivity index (χ2n) is 5.17. The summed E-state index contributed by atoms with van der Waals surface area (Å²) >= 11 is 3.22. The van der Waals surface area contributed by atoms with Crippen molar-refractivity contribution < 1.29 is 14.8 Å². The van der Waals surface area contributed by atoms with Gasteiger partial charge in [-0.15, -0.1) is 0 Å². The number of carboxylic acids is 1. The molecule has 1 aliphatic heterocycles. The molecule has 2 unspecified atom stereocenters. The largest absolute Gasteiger partial charge is 0.481 e. The van der Waals surface area contributed by atoms with Crippen LogP contribution in [0.5, 0.6) is 0 Å². The molecule has 0 aliphatic carbocycles. The smallest absolute Gasteiger partial charge is 0.308 e. The fraction of sp³-hybridized carbons (Fsp3) is 0.462. The number of hydrogen-bond donors (Lipinski definition) is 1. The first-order chi connectivity index (χ1) is 9.38. The van der Waals surface area contributed by atoms with Gasteiger partial charge in [0.2, 0.25) is 0 Å². The van der Waals surface area contributed by atoms with Crippen LogP contribution in [0, 0.1) is 22.0 Å². The molecule has 108 valence electrons. The second-order valence-corrected chi connectivity index (χ2v) is 6.09. The normalized spacial score (nSPS) is 22.6. The number of nitro benzene ring substituents is 1. The minimum absolute atomic E-state index is 0.00221. The van der Waals surface area contributed by atoms with Crippen molar-refractivity contribution in [1.82, 2.24) is 0 Å². The highest BCUT2D eigenvalue weighted by Gasteiger charge is 2.32. The zero-order valence-electron chi connectivity index (χ0n) is 11.0. The van der Waals surface area contributed by atoms with Gasteiger partial charge in [0.15, 0.2) is 0 Å². The monoisotopic (exact) mass is 342 g/mol. The van der Waals surface area contributed by atoms with Crippen LogP contribution in [-0.4, -0.2) is 29.1 Å². The van der Waals surface area contributed by atoms with E-state index >= 15 is 0 Å². The van der Waals surface area contributed by atoms with Gasteiger partial charge in [0, 0.05) is 23.6 Å². The summed E-state index contributed by atoms with van der Waals surface area (Å²) in [7, 11) is 0. The van der Waals surface area contributed by atoms with Crippen molar-refractivity contribution >= 4 is 33.3 Å². The third-order valence-electron chi connectivity index (χ3n) is 3.48. The van der Waals surface area contributed by atoms with Gasteiger partial charge in [-0.1, -0.05) is 22.9 Å². The Morgan fingerprint density at radius 2 is 2.20 bits per heavy atom. The lowest BCUT2D eigenvalue weighted by molar-refractivity contribution is -0.384. The fourth-order valence-electron chi connectivity index (χ4n) is 2.64. The van der Waals surface area contributed by atoms with Gasteiger partial charge < -0.3 is 10.0 Å². The van der Waals surface area contributed by atoms with E-state index in [1.54, 1.807) is 17.0 Å². The molecule has 0 bridgehead atoms. The van der Waals surface area contributed by atoms with E-state index in [-0.39, 0.29) is 11.6 Å². The Morgan fingerprint density at radius 1 is 1.50 bits per heavy atom. The van der Waals surface area contributed by atoms with E-state index in [0.29, 0.717) is 29.7 Å². The minimum Gasteiger partial charge on any atom is -0.481 e. The van der Waals surface area contributed by atoms with Crippen molar-refractivity contribution in [3.8, 4) is 0 Å². The average molecular weight is 343 g/mol. The molecule has 1 aliphatic rings. The van der Waals surface area contributed by atoms with E-state index in [1.807, 2.05) is 6.92 Å². The summed E-state index contributed by atoms with van der Waals surface area (Å²) in [6.07, 6.45) is 0.607. The number of hydrogen-bond acceptors (Lipinski definition) is 4. The Balaban J connectivity index is 2.35. The van der Waals surface area contributed by atoms with Gasteiger partial charge in [-0.25, -0.2) is 0 Å². The first-order valence-electron chi connectivity index (χ1n) is 6.30. The van der Waals surface area contributed by atoms with Crippen LogP contribution in [0.4, 0.5) is 11.4 Å². The number of anilines is 1. The number of benzene rings is 1. The number of nitrogens with zero attached hydrogens (tertiary/aromatic N) is 2. The van der Waals surface area contributed by atoms with E-state index in [2.05, 4.69) is 15.9 Å². The first kappa shape index (κ1) is 14.8. The highest BCUT2D eigenvalue weighted by molar-refractivity contribution is 9.10. The van der Waals surface area contributed by atoms with Gasteiger partial charge in [0.25, 0.3) is 5.69 Å². The molecule has 1 fully saturated rings. The lowest BCUT2D eigenvalue weighted by Gasteiger charge is -2.35. The number of piperidine rings is 1. The molecule has 0 saturated carbocycles. The van der Waals surface area contributed by atoms with Crippen LogP contribution in [0.3, 0.4) is 0 Å². The summed E-state index contributed by atoms with van der Waals surface area (Å²) in [5.41, 5.74) is 0.480. The topological polar surface area (TPSA) is 83.7 Å². The summed E-state index contributed by atoms with van der Waals surface area (Å²) in [6.45, 7) is 2.90. The van der Waals surface area contributed by atoms with E-state index in [0.717, 1.165) is 0 Å². The Kier molecular flexibility index (Phi) is 4.27. The van der Waals surface area contributed by atoms with E-state index < -0.39 is 16.8 Å². The van der Waals surface area contributed by atoms with Gasteiger partial charge in [-0.05, 0) is 24.5 Å². The summed E-state index contributed by atoms with van der Waals surface area (Å²) < 4.78 is 0.632. The number of rotatable bonds is 3. The average Bonchev–Trinajstić information content (AvgIpc) is 2.37. The minimum atomic E-state index is -0.846. The third-order valence-corrected chi connectivity index (χ3v) is 3.98. The van der Waals surface area contributed by atoms with Gasteiger partial charge >= 0.3 is 5.97 Å². The Labute approximate surface area is 124 Å². The molecule has 1 aromatic rings. The molecule has 6 nitrogen and oxygen atoms in total. The van der Waals surface area contributed by atoms with Crippen molar-refractivity contribution in [3.05, 3.63) is 32.8 Å². The van der Waals surface area contributed by atoms with Crippen molar-refractivity contribution in [3.63, 3.8) is 0 Å². The van der Waals surface area contributed by atoms with Crippen LogP contribution in [0.1, 0.15) is 13.3 Å². The predicted octanol–water partition coefficient (Wildman–Crippen LogP) is 2.90. The molecule has 2 atom stereocenters. The van der Waals surface area contributed by atoms with E-state index in [1.165, 1.54) is 6.07 Å². The molecule has 2 rings (SSSR count). The van der Waals surface area contributed by atoms with Crippen molar-refractivity contribution in [1.29, 1.82) is 0 Å². The maximum absolute atomic E-state index is 11.2. The third kappa shape index (κ3) is 3.09. The molecule has 1 heterocycles. The Bertz CT molecular complexity index is 549. The van der Waals surface area contributed by atoms with Crippen molar-refractivity contribution in [2.45, 2.75) is 13.3 Å². The van der Waals surface area contributed by atoms with Gasteiger partial charge in [-0.2, -0.15) is 0 Å². The molecule has 1 N–H and O–H groups in total. The van der Waals surface area contributed by atoms with Gasteiger partial charge in [-0.3, -0.25) is 14.9 Å². The number of carbonyl (C=O) groups is 1. The quantitative estimate of drug-likeness (QED) is 0.674. The molecule has 1 aromatic carbocycles. The van der Waals surface area contributed by atoms with Crippen LogP contribution in [-0.2, 0) is 4.79 Å². The maximum Gasteiger partial charge on any atom is 0.308 e. The molecule has 0 amide bonds. The van der Waals surface area contributed by atoms with Gasteiger partial charge in [0.1, 0.15) is 5.69 Å². The predicted molar refractivity (Wildman–Crippen MR) is 77.9 cm³/mol. The van der Waals surface area contributed by atoms with Crippen LogP contribution in [0.15, 0.2) is 22.7 Å². The summed E-state index contributed by atoms with van der Waals surface area (Å²) in [4.78, 5) is 23.7. The lowest BCUT2D eigenvalue weighted by Crippen LogP contribution is -2.42. The van der Waals surface area contributed by atoms with Crippen LogP contribution >= 0.6 is 15.9 Å². The van der Waals surface area contributed by atoms with E-state index in [9.17, 15) is 20.0 Å². The fourth-order valence-corrected chi connectivity index (χ4v) is 2.99. The summed E-state index contributed by atoms with van der Waals surface area (Å²) in [5.74, 6) is -1.14. The first-order valence-corrected chi connectivity index (χ1v) is 7.09. The molecular weight excluding hydrogens is 328 g/mol. The van der Waals surface area contributed by atoms with Crippen molar-refractivity contribution in [2.75, 3.05) is 18.0 Å². The van der Waals surface area contributed by atoms with Crippen LogP contribution in [0.2, 0.25) is 0 Å². The SMILES string of the molecule is CC1CC(C(=O)O)CN(c2ccc(Br)cc2[N+](=O)[O-])C1. The Hall–Kier alpha value is -1.63. The zero-order chi connectivity index (χ0) is 14.9. The van der Waals surface area contributed by atoms with E-state index in [4.69, 9.17) is 0 Å². The molecule has 7 heteroatoms. The lowest BCUT2D eigenvalue weighted by atomic mass is 9.90. The van der Waals surface area contributed by atoms with Crippen molar-refractivity contribution in [2.24, 2.45) is 11.8 Å². The number of nitro groups is 1. The van der Waals surface area contributed by atoms with Gasteiger partial charge in [0.05, 0.1) is 10.8 Å². The highest BCUT2D eigenvalue weighted by Crippen LogP contribution is 2.35. The number of halogens is 1. The molecule has 0 radical (unpaired) electrons. The standard InChI is InChI=1S/C13H15BrN2O4/c1-8-4-9(13(17)18)7-15(6-8)11-3-2-10(14)5-12(11)16(19)20/h2-3,5,8-9H,4,6-7H2,1H3,(H,17,18). The molecule has 0 spiro atoms. The maximum atomic E-state index is 11.2. The Morgan fingerprint density at radius 3 is 2.80 bits per heavy atom. The zero-order valence-corrected chi connectivity index (χ0v) is 12.5. The second kappa shape index (κ2) is 5.78. The molecule has 20 heavy (non-hydrogen) atoms. The summed E-state index contributed by atoms with van der Waals surface area (Å²) in [6, 6.07) is 4.85. The molecule has 1 saturated heterocycles. The highest BCUT2D eigenvalue weighted by atomic mass is 79.9. The molecular formula is C13H15BrN2O4. The van der Waals surface area contributed by atoms with Crippen LogP contribution < -0.4 is 4.90 Å². The summed E-state index contributed by atoms with van der Waals surface area (Å²) in [5, 5.41) is 20.3. The number of carboxylic acid groups (broad SMARTS) is 1. The molecule has 0 aromatic heterocycles. The van der Waals surface area contributed by atoms with Crippen LogP contribution in [0.25, 0.3) is 0 Å². The number of aliphatic carboxylic acids is 1.